The van der Waals surface area contributed by atoms with Crippen molar-refractivity contribution >= 4 is 10.0 Å². The van der Waals surface area contributed by atoms with Crippen LogP contribution in [0.2, 0.25) is 0 Å². The van der Waals surface area contributed by atoms with Crippen molar-refractivity contribution in [3.05, 3.63) is 29.3 Å². The van der Waals surface area contributed by atoms with E-state index in [1.807, 2.05) is 12.1 Å². The molecule has 21 heavy (non-hydrogen) atoms. The van der Waals surface area contributed by atoms with Crippen LogP contribution < -0.4 is 0 Å². The van der Waals surface area contributed by atoms with Gasteiger partial charge in [0.1, 0.15) is 0 Å². The third-order valence-electron chi connectivity index (χ3n) is 4.73. The highest BCUT2D eigenvalue weighted by Gasteiger charge is 2.33. The number of aliphatic hydroxyl groups excluding tert-OH is 1. The van der Waals surface area contributed by atoms with Crippen LogP contribution in [-0.4, -0.2) is 37.0 Å². The minimum Gasteiger partial charge on any atom is -0.395 e. The Bertz CT molecular complexity index is 606. The predicted octanol–water partition coefficient (Wildman–Crippen LogP) is 2.10. The molecule has 0 amide bonds. The molecule has 1 saturated carbocycles. The van der Waals surface area contributed by atoms with Gasteiger partial charge in [-0.25, -0.2) is 8.42 Å². The first-order valence-corrected chi connectivity index (χ1v) is 9.31. The van der Waals surface area contributed by atoms with Gasteiger partial charge in [0.15, 0.2) is 0 Å². The monoisotopic (exact) mass is 309 g/mol. The molecule has 0 unspecified atom stereocenters. The van der Waals surface area contributed by atoms with E-state index in [9.17, 15) is 13.5 Å². The second kappa shape index (κ2) is 6.07. The van der Waals surface area contributed by atoms with E-state index in [1.165, 1.54) is 15.4 Å². The van der Waals surface area contributed by atoms with Crippen molar-refractivity contribution < 1.29 is 13.5 Å². The Morgan fingerprint density at radius 3 is 2.52 bits per heavy atom. The van der Waals surface area contributed by atoms with Gasteiger partial charge in [0.05, 0.1) is 11.5 Å². The molecule has 1 aromatic rings. The number of sulfonamides is 1. The Labute approximate surface area is 126 Å². The molecule has 5 heteroatoms. The summed E-state index contributed by atoms with van der Waals surface area (Å²) in [6.07, 6.45) is 7.11. The van der Waals surface area contributed by atoms with Gasteiger partial charge < -0.3 is 5.11 Å². The lowest BCUT2D eigenvalue weighted by atomic mass is 10.1. The zero-order chi connectivity index (χ0) is 14.9. The summed E-state index contributed by atoms with van der Waals surface area (Å²) < 4.78 is 27.4. The largest absolute Gasteiger partial charge is 0.395 e. The van der Waals surface area contributed by atoms with Gasteiger partial charge in [-0.05, 0) is 55.4 Å². The van der Waals surface area contributed by atoms with Gasteiger partial charge in [-0.2, -0.15) is 4.31 Å². The van der Waals surface area contributed by atoms with E-state index in [-0.39, 0.29) is 19.2 Å². The molecule has 0 aromatic heterocycles. The highest BCUT2D eigenvalue weighted by Crippen LogP contribution is 2.30. The second-order valence-corrected chi connectivity index (χ2v) is 7.95. The molecular formula is C16H23NO3S. The number of benzene rings is 1. The molecule has 0 aliphatic heterocycles. The van der Waals surface area contributed by atoms with E-state index in [4.69, 9.17) is 0 Å². The van der Waals surface area contributed by atoms with Gasteiger partial charge in [0, 0.05) is 12.6 Å². The first kappa shape index (κ1) is 15.0. The van der Waals surface area contributed by atoms with Gasteiger partial charge in [0.25, 0.3) is 0 Å². The van der Waals surface area contributed by atoms with Crippen molar-refractivity contribution in [1.29, 1.82) is 0 Å². The third-order valence-corrected chi connectivity index (χ3v) is 6.68. The minimum atomic E-state index is -3.49. The highest BCUT2D eigenvalue weighted by molar-refractivity contribution is 7.89. The molecule has 1 fully saturated rings. The maximum atomic E-state index is 12.9. The first-order valence-electron chi connectivity index (χ1n) is 7.87. The summed E-state index contributed by atoms with van der Waals surface area (Å²) in [6, 6.07) is 5.59. The molecule has 1 N–H and O–H groups in total. The molecule has 116 valence electrons. The average Bonchev–Trinajstić information content (AvgIpc) is 3.14. The summed E-state index contributed by atoms with van der Waals surface area (Å²) in [7, 11) is -3.49. The fraction of sp³-hybridized carbons (Fsp3) is 0.625. The molecule has 0 heterocycles. The SMILES string of the molecule is O=S(=O)(c1ccc2c(c1)CCC2)N(CCO)C1CCCC1. The second-order valence-electron chi connectivity index (χ2n) is 6.06. The van der Waals surface area contributed by atoms with Gasteiger partial charge in [0.2, 0.25) is 10.0 Å². The third kappa shape index (κ3) is 2.87. The normalized spacial score (nSPS) is 19.3. The molecule has 0 spiro atoms. The summed E-state index contributed by atoms with van der Waals surface area (Å²) in [5.74, 6) is 0. The Hall–Kier alpha value is -0.910. The number of rotatable bonds is 5. The minimum absolute atomic E-state index is 0.0513. The fourth-order valence-electron chi connectivity index (χ4n) is 3.63. The summed E-state index contributed by atoms with van der Waals surface area (Å²) >= 11 is 0. The molecule has 1 aromatic carbocycles. The smallest absolute Gasteiger partial charge is 0.243 e. The lowest BCUT2D eigenvalue weighted by Crippen LogP contribution is -2.40. The van der Waals surface area contributed by atoms with Crippen molar-refractivity contribution in [2.75, 3.05) is 13.2 Å². The van der Waals surface area contributed by atoms with Gasteiger partial charge in [-0.1, -0.05) is 18.9 Å². The van der Waals surface area contributed by atoms with Crippen LogP contribution in [0.25, 0.3) is 0 Å². The number of aliphatic hydroxyl groups is 1. The number of aryl methyl sites for hydroxylation is 2. The molecule has 0 bridgehead atoms. The van der Waals surface area contributed by atoms with Crippen LogP contribution in [0.1, 0.15) is 43.2 Å². The fourth-order valence-corrected chi connectivity index (χ4v) is 5.36. The Morgan fingerprint density at radius 2 is 1.81 bits per heavy atom. The van der Waals surface area contributed by atoms with Crippen molar-refractivity contribution in [3.63, 3.8) is 0 Å². The summed E-state index contributed by atoms with van der Waals surface area (Å²) in [5, 5.41) is 9.26. The van der Waals surface area contributed by atoms with Crippen LogP contribution >= 0.6 is 0 Å². The predicted molar refractivity (Wildman–Crippen MR) is 81.7 cm³/mol. The van der Waals surface area contributed by atoms with Crippen LogP contribution in [0, 0.1) is 0 Å². The highest BCUT2D eigenvalue weighted by atomic mass is 32.2. The first-order chi connectivity index (χ1) is 10.1. The van der Waals surface area contributed by atoms with E-state index >= 15 is 0 Å². The van der Waals surface area contributed by atoms with Crippen molar-refractivity contribution in [2.24, 2.45) is 0 Å². The lowest BCUT2D eigenvalue weighted by molar-refractivity contribution is 0.226. The lowest BCUT2D eigenvalue weighted by Gasteiger charge is -2.27. The molecular weight excluding hydrogens is 286 g/mol. The Morgan fingerprint density at radius 1 is 1.10 bits per heavy atom. The van der Waals surface area contributed by atoms with Crippen LogP contribution in [-0.2, 0) is 22.9 Å². The molecule has 2 aliphatic carbocycles. The summed E-state index contributed by atoms with van der Waals surface area (Å²) in [5.41, 5.74) is 2.45. The zero-order valence-corrected chi connectivity index (χ0v) is 13.1. The van der Waals surface area contributed by atoms with Gasteiger partial charge in [-0.15, -0.1) is 0 Å². The van der Waals surface area contributed by atoms with E-state index in [1.54, 1.807) is 6.07 Å². The topological polar surface area (TPSA) is 57.6 Å². The number of fused-ring (bicyclic) bond motifs is 1. The molecule has 0 radical (unpaired) electrons. The van der Waals surface area contributed by atoms with Crippen LogP contribution in [0.4, 0.5) is 0 Å². The maximum Gasteiger partial charge on any atom is 0.243 e. The van der Waals surface area contributed by atoms with Gasteiger partial charge in [-0.3, -0.25) is 0 Å². The van der Waals surface area contributed by atoms with E-state index in [0.29, 0.717) is 4.90 Å². The van der Waals surface area contributed by atoms with Crippen LogP contribution in [0.3, 0.4) is 0 Å². The van der Waals surface area contributed by atoms with E-state index < -0.39 is 10.0 Å². The summed E-state index contributed by atoms with van der Waals surface area (Å²) in [6.45, 7) is 0.0742. The number of nitrogens with zero attached hydrogens (tertiary/aromatic N) is 1. The standard InChI is InChI=1S/C16H23NO3S/c18-11-10-17(15-6-1-2-7-15)21(19,20)16-9-8-13-4-3-5-14(13)12-16/h8-9,12,15,18H,1-7,10-11H2. The molecule has 2 aliphatic rings. The van der Waals surface area contributed by atoms with Crippen molar-refractivity contribution in [2.45, 2.75) is 55.9 Å². The van der Waals surface area contributed by atoms with E-state index in [0.717, 1.165) is 44.9 Å². The molecule has 3 rings (SSSR count). The Kier molecular flexibility index (Phi) is 4.33. The Balaban J connectivity index is 1.93. The van der Waals surface area contributed by atoms with Crippen molar-refractivity contribution in [3.8, 4) is 0 Å². The van der Waals surface area contributed by atoms with Crippen LogP contribution in [0.15, 0.2) is 23.1 Å². The molecule has 0 atom stereocenters. The molecule has 0 saturated heterocycles. The van der Waals surface area contributed by atoms with Crippen molar-refractivity contribution in [1.82, 2.24) is 4.31 Å². The summed E-state index contributed by atoms with van der Waals surface area (Å²) in [4.78, 5) is 0.392. The van der Waals surface area contributed by atoms with Gasteiger partial charge >= 0.3 is 0 Å². The molecule has 4 nitrogen and oxygen atoms in total. The van der Waals surface area contributed by atoms with E-state index in [2.05, 4.69) is 0 Å². The quantitative estimate of drug-likeness (QED) is 0.906. The maximum absolute atomic E-state index is 12.9. The zero-order valence-electron chi connectivity index (χ0n) is 12.3. The van der Waals surface area contributed by atoms with Crippen LogP contribution in [0.5, 0.6) is 0 Å². The average molecular weight is 309 g/mol. The number of hydrogen-bond acceptors (Lipinski definition) is 3. The number of hydrogen-bond donors (Lipinski definition) is 1.